The molecule has 0 aliphatic carbocycles. The summed E-state index contributed by atoms with van der Waals surface area (Å²) >= 11 is 12.5. The summed E-state index contributed by atoms with van der Waals surface area (Å²) in [4.78, 5) is 30.0. The van der Waals surface area contributed by atoms with Gasteiger partial charge in [-0.1, -0.05) is 102 Å². The number of carbonyl (C=O) groups excluding carboxylic acids is 2. The molecule has 0 saturated carbocycles. The first kappa shape index (κ1) is 35.0. The van der Waals surface area contributed by atoms with Crippen molar-refractivity contribution < 1.29 is 18.0 Å². The lowest BCUT2D eigenvalue weighted by atomic mass is 10.0. The first-order valence-electron chi connectivity index (χ1n) is 15.1. The highest BCUT2D eigenvalue weighted by Gasteiger charge is 2.35. The second-order valence-corrected chi connectivity index (χ2v) is 14.1. The predicted molar refractivity (Wildman–Crippen MR) is 186 cm³/mol. The Morgan fingerprint density at radius 1 is 0.826 bits per heavy atom. The topological polar surface area (TPSA) is 86.8 Å². The van der Waals surface area contributed by atoms with E-state index in [9.17, 15) is 18.0 Å². The zero-order chi connectivity index (χ0) is 33.4. The van der Waals surface area contributed by atoms with E-state index in [-0.39, 0.29) is 29.8 Å². The van der Waals surface area contributed by atoms with Crippen LogP contribution in [0.25, 0.3) is 0 Å². The van der Waals surface area contributed by atoms with E-state index in [1.807, 2.05) is 57.2 Å². The van der Waals surface area contributed by atoms with Crippen molar-refractivity contribution in [3.63, 3.8) is 0 Å². The van der Waals surface area contributed by atoms with Crippen LogP contribution < -0.4 is 9.62 Å². The SMILES string of the molecule is CC[C@@H](C)NC(=O)[C@@H](Cc1ccccc1)N(Cc1ccc(Cl)c(Cl)c1)C(=O)CN(c1ccccc1C)S(=O)(=O)c1ccc(C)cc1. The Morgan fingerprint density at radius 2 is 1.48 bits per heavy atom. The van der Waals surface area contributed by atoms with E-state index in [1.54, 1.807) is 55.5 Å². The number of nitrogens with one attached hydrogen (secondary N) is 1. The average molecular weight is 681 g/mol. The summed E-state index contributed by atoms with van der Waals surface area (Å²) < 4.78 is 29.6. The molecule has 242 valence electrons. The van der Waals surface area contributed by atoms with Crippen molar-refractivity contribution in [1.29, 1.82) is 0 Å². The number of hydrogen-bond acceptors (Lipinski definition) is 4. The van der Waals surface area contributed by atoms with Crippen LogP contribution in [0.4, 0.5) is 5.69 Å². The Bertz CT molecular complexity index is 1770. The Hall–Kier alpha value is -3.85. The number of sulfonamides is 1. The molecule has 2 atom stereocenters. The summed E-state index contributed by atoms with van der Waals surface area (Å²) in [5.74, 6) is -0.888. The number of aryl methyl sites for hydroxylation is 2. The molecule has 0 fully saturated rings. The molecular formula is C36H39Cl2N3O4S. The quantitative estimate of drug-likeness (QED) is 0.160. The van der Waals surface area contributed by atoms with Crippen molar-refractivity contribution in [2.45, 2.75) is 64.1 Å². The largest absolute Gasteiger partial charge is 0.352 e. The normalized spacial score (nSPS) is 12.7. The van der Waals surface area contributed by atoms with Crippen molar-refractivity contribution in [3.8, 4) is 0 Å². The van der Waals surface area contributed by atoms with Gasteiger partial charge in [0.25, 0.3) is 10.0 Å². The molecule has 0 aliphatic heterocycles. The number of amides is 2. The van der Waals surface area contributed by atoms with Gasteiger partial charge in [0.1, 0.15) is 12.6 Å². The van der Waals surface area contributed by atoms with Gasteiger partial charge in [-0.25, -0.2) is 8.42 Å². The molecule has 0 aliphatic rings. The predicted octanol–water partition coefficient (Wildman–Crippen LogP) is 7.36. The van der Waals surface area contributed by atoms with Crippen molar-refractivity contribution in [1.82, 2.24) is 10.2 Å². The number of halogens is 2. The molecule has 46 heavy (non-hydrogen) atoms. The highest BCUT2D eigenvalue weighted by molar-refractivity contribution is 7.92. The Morgan fingerprint density at radius 3 is 2.11 bits per heavy atom. The average Bonchev–Trinajstić information content (AvgIpc) is 3.04. The lowest BCUT2D eigenvalue weighted by molar-refractivity contribution is -0.140. The summed E-state index contributed by atoms with van der Waals surface area (Å²) in [5, 5.41) is 3.69. The van der Waals surface area contributed by atoms with Gasteiger partial charge in [0.2, 0.25) is 11.8 Å². The van der Waals surface area contributed by atoms with Gasteiger partial charge >= 0.3 is 0 Å². The van der Waals surface area contributed by atoms with Gasteiger partial charge < -0.3 is 10.2 Å². The van der Waals surface area contributed by atoms with Crippen molar-refractivity contribution in [2.75, 3.05) is 10.8 Å². The van der Waals surface area contributed by atoms with Crippen LogP contribution >= 0.6 is 23.2 Å². The molecule has 4 aromatic carbocycles. The Balaban J connectivity index is 1.83. The van der Waals surface area contributed by atoms with Crippen molar-refractivity contribution >= 4 is 50.7 Å². The molecule has 1 N–H and O–H groups in total. The standard InChI is InChI=1S/C36H39Cl2N3O4S/c1-5-27(4)39-36(43)34(22-28-12-7-6-8-13-28)40(23-29-17-20-31(37)32(38)21-29)35(42)24-41(33-14-10-9-11-26(33)3)46(44,45)30-18-15-25(2)16-19-30/h6-21,27,34H,5,22-24H2,1-4H3,(H,39,43)/t27-,34-/m1/s1. The van der Waals surface area contributed by atoms with E-state index in [0.717, 1.165) is 15.4 Å². The smallest absolute Gasteiger partial charge is 0.264 e. The molecule has 7 nitrogen and oxygen atoms in total. The lowest BCUT2D eigenvalue weighted by Crippen LogP contribution is -2.54. The first-order valence-corrected chi connectivity index (χ1v) is 17.3. The first-order chi connectivity index (χ1) is 21.9. The molecule has 4 aromatic rings. The number of nitrogens with zero attached hydrogens (tertiary/aromatic N) is 2. The molecule has 2 amide bonds. The van der Waals surface area contributed by atoms with E-state index in [1.165, 1.54) is 17.0 Å². The molecule has 0 aromatic heterocycles. The van der Waals surface area contributed by atoms with Gasteiger partial charge in [-0.2, -0.15) is 0 Å². The van der Waals surface area contributed by atoms with Crippen molar-refractivity contribution in [3.05, 3.63) is 129 Å². The minimum absolute atomic E-state index is 0.00661. The second kappa shape index (κ2) is 15.6. The van der Waals surface area contributed by atoms with Crippen LogP contribution in [0.2, 0.25) is 10.0 Å². The fraction of sp³-hybridized carbons (Fsp3) is 0.278. The molecule has 0 heterocycles. The van der Waals surface area contributed by atoms with Crippen molar-refractivity contribution in [2.24, 2.45) is 0 Å². The maximum Gasteiger partial charge on any atom is 0.264 e. The van der Waals surface area contributed by atoms with Crippen LogP contribution in [-0.2, 0) is 32.6 Å². The van der Waals surface area contributed by atoms with Crippen LogP contribution in [0.3, 0.4) is 0 Å². The molecule has 0 bridgehead atoms. The number of anilines is 1. The number of benzene rings is 4. The minimum atomic E-state index is -4.19. The number of para-hydroxylation sites is 1. The van der Waals surface area contributed by atoms with Gasteiger partial charge in [-0.15, -0.1) is 0 Å². The van der Waals surface area contributed by atoms with Gasteiger partial charge in [0, 0.05) is 19.0 Å². The van der Waals surface area contributed by atoms with Gasteiger partial charge in [-0.05, 0) is 74.2 Å². The fourth-order valence-corrected chi connectivity index (χ4v) is 6.82. The van der Waals surface area contributed by atoms with Gasteiger partial charge in [0.15, 0.2) is 0 Å². The Labute approximate surface area is 282 Å². The van der Waals surface area contributed by atoms with E-state index >= 15 is 0 Å². The maximum atomic E-state index is 14.6. The third kappa shape index (κ3) is 8.69. The van der Waals surface area contributed by atoms with E-state index < -0.39 is 28.5 Å². The Kier molecular flexibility index (Phi) is 11.9. The second-order valence-electron chi connectivity index (χ2n) is 11.4. The van der Waals surface area contributed by atoms with Gasteiger partial charge in [-0.3, -0.25) is 13.9 Å². The monoisotopic (exact) mass is 679 g/mol. The maximum absolute atomic E-state index is 14.6. The highest BCUT2D eigenvalue weighted by atomic mass is 35.5. The van der Waals surface area contributed by atoms with Crippen LogP contribution in [0.1, 0.15) is 42.5 Å². The van der Waals surface area contributed by atoms with E-state index in [0.29, 0.717) is 33.3 Å². The zero-order valence-corrected chi connectivity index (χ0v) is 28.7. The fourth-order valence-electron chi connectivity index (χ4n) is 5.02. The number of rotatable bonds is 13. The molecule has 0 saturated heterocycles. The zero-order valence-electron chi connectivity index (χ0n) is 26.4. The summed E-state index contributed by atoms with van der Waals surface area (Å²) in [6.45, 7) is 6.99. The van der Waals surface area contributed by atoms with E-state index in [2.05, 4.69) is 5.32 Å². The summed E-state index contributed by atoms with van der Waals surface area (Å²) in [5.41, 5.74) is 3.44. The molecule has 0 spiro atoms. The molecular weight excluding hydrogens is 641 g/mol. The summed E-state index contributed by atoms with van der Waals surface area (Å²) in [7, 11) is -4.19. The molecule has 0 radical (unpaired) electrons. The van der Waals surface area contributed by atoms with Crippen LogP contribution in [0.5, 0.6) is 0 Å². The molecule has 10 heteroatoms. The summed E-state index contributed by atoms with van der Waals surface area (Å²) in [6.07, 6.45) is 0.908. The molecule has 4 rings (SSSR count). The van der Waals surface area contributed by atoms with Gasteiger partial charge in [0.05, 0.1) is 20.6 Å². The van der Waals surface area contributed by atoms with Crippen LogP contribution in [0, 0.1) is 13.8 Å². The minimum Gasteiger partial charge on any atom is -0.352 e. The van der Waals surface area contributed by atoms with Crippen LogP contribution in [0.15, 0.2) is 102 Å². The lowest BCUT2D eigenvalue weighted by Gasteiger charge is -2.34. The van der Waals surface area contributed by atoms with Crippen LogP contribution in [-0.4, -0.2) is 43.8 Å². The number of carbonyl (C=O) groups is 2. The highest BCUT2D eigenvalue weighted by Crippen LogP contribution is 2.29. The molecule has 0 unspecified atom stereocenters. The number of hydrogen-bond donors (Lipinski definition) is 1. The summed E-state index contributed by atoms with van der Waals surface area (Å²) in [6, 6.07) is 26.9. The third-order valence-corrected chi connectivity index (χ3v) is 10.4. The van der Waals surface area contributed by atoms with E-state index in [4.69, 9.17) is 23.2 Å². The third-order valence-electron chi connectivity index (χ3n) is 7.88.